The summed E-state index contributed by atoms with van der Waals surface area (Å²) in [5.41, 5.74) is 1.15. The molecule has 0 bridgehead atoms. The third-order valence-corrected chi connectivity index (χ3v) is 3.62. The topological polar surface area (TPSA) is 41.1 Å². The molecule has 1 amide bonds. The van der Waals surface area contributed by atoms with E-state index >= 15 is 0 Å². The minimum atomic E-state index is -0.367. The minimum Gasteiger partial charge on any atom is -0.348 e. The van der Waals surface area contributed by atoms with Crippen LogP contribution in [0.25, 0.3) is 0 Å². The molecule has 0 radical (unpaired) electrons. The van der Waals surface area contributed by atoms with Gasteiger partial charge in [0.15, 0.2) is 0 Å². The van der Waals surface area contributed by atoms with Crippen LogP contribution in [-0.4, -0.2) is 24.5 Å². The number of carbonyl (C=O) groups is 1. The highest BCUT2D eigenvalue weighted by Crippen LogP contribution is 2.12. The molecular weight excluding hydrogens is 243 g/mol. The Kier molecular flexibility index (Phi) is 4.53. The number of amides is 1. The van der Waals surface area contributed by atoms with E-state index in [9.17, 15) is 9.18 Å². The van der Waals surface area contributed by atoms with Crippen molar-refractivity contribution < 1.29 is 9.18 Å². The van der Waals surface area contributed by atoms with Gasteiger partial charge in [-0.2, -0.15) is 0 Å². The van der Waals surface area contributed by atoms with Gasteiger partial charge in [0.25, 0.3) is 5.91 Å². The second-order valence-electron chi connectivity index (χ2n) is 5.34. The van der Waals surface area contributed by atoms with Crippen LogP contribution in [0.1, 0.15) is 42.1 Å². The average Bonchev–Trinajstić information content (AvgIpc) is 2.38. The zero-order valence-corrected chi connectivity index (χ0v) is 11.5. The molecule has 1 aliphatic heterocycles. The Balaban J connectivity index is 1.99. The summed E-state index contributed by atoms with van der Waals surface area (Å²) in [6.07, 6.45) is 3.46. The van der Waals surface area contributed by atoms with Gasteiger partial charge in [0.2, 0.25) is 0 Å². The first-order valence-electron chi connectivity index (χ1n) is 6.87. The molecule has 0 spiro atoms. The Morgan fingerprint density at radius 2 is 2.21 bits per heavy atom. The van der Waals surface area contributed by atoms with Gasteiger partial charge in [-0.3, -0.25) is 4.79 Å². The molecule has 0 saturated carbocycles. The van der Waals surface area contributed by atoms with E-state index in [-0.39, 0.29) is 17.8 Å². The summed E-state index contributed by atoms with van der Waals surface area (Å²) in [7, 11) is 0. The van der Waals surface area contributed by atoms with Crippen molar-refractivity contribution >= 4 is 5.91 Å². The van der Waals surface area contributed by atoms with Crippen molar-refractivity contribution in [1.29, 1.82) is 0 Å². The molecule has 104 valence electrons. The highest BCUT2D eigenvalue weighted by atomic mass is 19.1. The first-order chi connectivity index (χ1) is 9.06. The molecule has 1 saturated heterocycles. The van der Waals surface area contributed by atoms with Gasteiger partial charge in [-0.15, -0.1) is 0 Å². The predicted octanol–water partition coefficient (Wildman–Crippen LogP) is 2.39. The van der Waals surface area contributed by atoms with E-state index in [0.717, 1.165) is 18.5 Å². The number of carbonyl (C=O) groups excluding carboxylic acids is 1. The largest absolute Gasteiger partial charge is 0.348 e. The van der Waals surface area contributed by atoms with E-state index in [1.54, 1.807) is 13.0 Å². The van der Waals surface area contributed by atoms with Gasteiger partial charge in [-0.1, -0.05) is 6.42 Å². The second-order valence-corrected chi connectivity index (χ2v) is 5.34. The van der Waals surface area contributed by atoms with E-state index in [1.807, 2.05) is 6.92 Å². The molecule has 2 rings (SSSR count). The zero-order valence-electron chi connectivity index (χ0n) is 11.5. The Bertz CT molecular complexity index is 435. The molecule has 0 aliphatic carbocycles. The molecule has 1 aromatic rings. The summed E-state index contributed by atoms with van der Waals surface area (Å²) in [4.78, 5) is 12.1. The van der Waals surface area contributed by atoms with Gasteiger partial charge in [0, 0.05) is 17.6 Å². The lowest BCUT2D eigenvalue weighted by molar-refractivity contribution is 0.0927. The highest BCUT2D eigenvalue weighted by Gasteiger charge is 2.21. The van der Waals surface area contributed by atoms with Crippen molar-refractivity contribution in [2.75, 3.05) is 6.54 Å². The molecule has 1 fully saturated rings. The molecule has 1 aromatic carbocycles. The molecule has 2 N–H and O–H groups in total. The molecule has 0 aromatic heterocycles. The van der Waals surface area contributed by atoms with Crippen molar-refractivity contribution in [2.45, 2.75) is 45.2 Å². The lowest BCUT2D eigenvalue weighted by Gasteiger charge is -2.29. The highest BCUT2D eigenvalue weighted by molar-refractivity contribution is 5.94. The van der Waals surface area contributed by atoms with Crippen LogP contribution in [-0.2, 0) is 0 Å². The molecule has 2 atom stereocenters. The van der Waals surface area contributed by atoms with Crippen LogP contribution in [0, 0.1) is 12.7 Å². The van der Waals surface area contributed by atoms with Gasteiger partial charge >= 0.3 is 0 Å². The van der Waals surface area contributed by atoms with E-state index in [1.165, 1.54) is 25.0 Å². The van der Waals surface area contributed by atoms with Crippen LogP contribution < -0.4 is 10.6 Å². The first-order valence-corrected chi connectivity index (χ1v) is 6.87. The maximum absolute atomic E-state index is 13.3. The molecule has 19 heavy (non-hydrogen) atoms. The summed E-state index contributed by atoms with van der Waals surface area (Å²) in [5.74, 6) is -0.573. The fraction of sp³-hybridized carbons (Fsp3) is 0.533. The maximum Gasteiger partial charge on any atom is 0.251 e. The quantitative estimate of drug-likeness (QED) is 0.880. The Morgan fingerprint density at radius 3 is 2.84 bits per heavy atom. The van der Waals surface area contributed by atoms with Crippen LogP contribution >= 0.6 is 0 Å². The van der Waals surface area contributed by atoms with E-state index < -0.39 is 0 Å². The molecule has 1 aliphatic rings. The number of piperidine rings is 1. The van der Waals surface area contributed by atoms with E-state index in [4.69, 9.17) is 0 Å². The van der Waals surface area contributed by atoms with Crippen molar-refractivity contribution in [3.05, 3.63) is 35.1 Å². The monoisotopic (exact) mass is 264 g/mol. The maximum atomic E-state index is 13.3. The van der Waals surface area contributed by atoms with Crippen LogP contribution in [0.15, 0.2) is 18.2 Å². The van der Waals surface area contributed by atoms with Crippen LogP contribution in [0.4, 0.5) is 4.39 Å². The lowest BCUT2D eigenvalue weighted by Crippen LogP contribution is -2.50. The normalized spacial score (nSPS) is 20.9. The zero-order chi connectivity index (χ0) is 13.8. The minimum absolute atomic E-state index is 0.0522. The van der Waals surface area contributed by atoms with Gasteiger partial charge in [-0.25, -0.2) is 4.39 Å². The molecule has 2 unspecified atom stereocenters. The number of aryl methyl sites for hydroxylation is 1. The van der Waals surface area contributed by atoms with Crippen molar-refractivity contribution in [3.63, 3.8) is 0 Å². The summed E-state index contributed by atoms with van der Waals surface area (Å²) in [6, 6.07) is 4.77. The molecule has 4 heteroatoms. The third kappa shape index (κ3) is 3.77. The van der Waals surface area contributed by atoms with Crippen molar-refractivity contribution in [2.24, 2.45) is 0 Å². The predicted molar refractivity (Wildman–Crippen MR) is 73.7 cm³/mol. The second kappa shape index (κ2) is 6.15. The summed E-state index contributed by atoms with van der Waals surface area (Å²) >= 11 is 0. The van der Waals surface area contributed by atoms with Crippen LogP contribution in [0.3, 0.4) is 0 Å². The summed E-state index contributed by atoms with van der Waals surface area (Å²) in [5, 5.41) is 6.36. The fourth-order valence-electron chi connectivity index (χ4n) is 2.56. The SMILES string of the molecule is Cc1cc(F)cc(C(=O)NC(C)C2CCCCN2)c1. The van der Waals surface area contributed by atoms with Crippen molar-refractivity contribution in [3.8, 4) is 0 Å². The third-order valence-electron chi connectivity index (χ3n) is 3.62. The smallest absolute Gasteiger partial charge is 0.251 e. The molecular formula is C15H21FN2O. The fourth-order valence-corrected chi connectivity index (χ4v) is 2.56. The van der Waals surface area contributed by atoms with Gasteiger partial charge in [-0.05, 0) is 57.0 Å². The standard InChI is InChI=1S/C15H21FN2O/c1-10-7-12(9-13(16)8-10)15(19)18-11(2)14-5-3-4-6-17-14/h7-9,11,14,17H,3-6H2,1-2H3,(H,18,19). The number of hydrogen-bond acceptors (Lipinski definition) is 2. The van der Waals surface area contributed by atoms with Gasteiger partial charge in [0.05, 0.1) is 0 Å². The van der Waals surface area contributed by atoms with E-state index in [0.29, 0.717) is 11.6 Å². The number of halogens is 1. The number of nitrogens with one attached hydrogen (secondary N) is 2. The summed E-state index contributed by atoms with van der Waals surface area (Å²) < 4.78 is 13.3. The Hall–Kier alpha value is -1.42. The first kappa shape index (κ1) is 14.0. The van der Waals surface area contributed by atoms with Crippen molar-refractivity contribution in [1.82, 2.24) is 10.6 Å². The Labute approximate surface area is 113 Å². The van der Waals surface area contributed by atoms with E-state index in [2.05, 4.69) is 10.6 Å². The average molecular weight is 264 g/mol. The number of benzene rings is 1. The summed E-state index contributed by atoms with van der Waals surface area (Å²) in [6.45, 7) is 4.78. The molecule has 3 nitrogen and oxygen atoms in total. The lowest BCUT2D eigenvalue weighted by atomic mass is 9.98. The van der Waals surface area contributed by atoms with Crippen LogP contribution in [0.2, 0.25) is 0 Å². The van der Waals surface area contributed by atoms with Crippen LogP contribution in [0.5, 0.6) is 0 Å². The Morgan fingerprint density at radius 1 is 1.42 bits per heavy atom. The van der Waals surface area contributed by atoms with Gasteiger partial charge < -0.3 is 10.6 Å². The molecule has 1 heterocycles. The number of rotatable bonds is 3. The number of hydrogen-bond donors (Lipinski definition) is 2. The van der Waals surface area contributed by atoms with Gasteiger partial charge in [0.1, 0.15) is 5.82 Å².